The van der Waals surface area contributed by atoms with Crippen molar-refractivity contribution in [2.75, 3.05) is 19.7 Å². The zero-order chi connectivity index (χ0) is 17.1. The summed E-state index contributed by atoms with van der Waals surface area (Å²) >= 11 is 0. The Balaban J connectivity index is 2.33. The summed E-state index contributed by atoms with van der Waals surface area (Å²) in [6.45, 7) is -2.09. The van der Waals surface area contributed by atoms with Gasteiger partial charge in [0.1, 0.15) is 9.85 Å². The molecule has 0 aromatic rings. The van der Waals surface area contributed by atoms with Gasteiger partial charge in [0, 0.05) is 6.42 Å². The van der Waals surface area contributed by atoms with Crippen LogP contribution in [0, 0.1) is 20.2 Å². The molecule has 1 rings (SSSR count). The van der Waals surface area contributed by atoms with Crippen molar-refractivity contribution in [2.24, 2.45) is 0 Å². The Labute approximate surface area is 120 Å². The highest BCUT2D eigenvalue weighted by molar-refractivity contribution is 5.77. The normalized spacial score (nSPS) is 16.6. The van der Waals surface area contributed by atoms with E-state index >= 15 is 0 Å². The largest absolute Gasteiger partial charge is 0.492 e. The second kappa shape index (κ2) is 6.11. The second-order valence-electron chi connectivity index (χ2n) is 4.48. The lowest BCUT2D eigenvalue weighted by Gasteiger charge is -2.36. The molecular formula is C9H10F3N3O7. The van der Waals surface area contributed by atoms with E-state index in [0.29, 0.717) is 0 Å². The van der Waals surface area contributed by atoms with Crippen LogP contribution < -0.4 is 0 Å². The van der Waals surface area contributed by atoms with E-state index in [2.05, 4.69) is 4.74 Å². The van der Waals surface area contributed by atoms with E-state index < -0.39 is 53.3 Å². The van der Waals surface area contributed by atoms with Gasteiger partial charge in [-0.05, 0) is 6.42 Å². The quantitative estimate of drug-likeness (QED) is 0.219. The van der Waals surface area contributed by atoms with E-state index in [-0.39, 0.29) is 12.8 Å². The Morgan fingerprint density at radius 3 is 2.09 bits per heavy atom. The predicted octanol–water partition coefficient (Wildman–Crippen LogP) is -0.0360. The number of ether oxygens (including phenoxy) is 1. The average molecular weight is 329 g/mol. The summed E-state index contributed by atoms with van der Waals surface area (Å²) in [7, 11) is 0. The third kappa shape index (κ3) is 3.59. The second-order valence-corrected chi connectivity index (χ2v) is 4.48. The monoisotopic (exact) mass is 329 g/mol. The van der Waals surface area contributed by atoms with E-state index in [1.54, 1.807) is 0 Å². The number of esters is 1. The molecule has 0 spiro atoms. The molecule has 1 fully saturated rings. The van der Waals surface area contributed by atoms with E-state index in [9.17, 15) is 43.0 Å². The lowest BCUT2D eigenvalue weighted by Crippen LogP contribution is -2.71. The Hall–Kier alpha value is -2.47. The number of amides is 1. The van der Waals surface area contributed by atoms with Crippen LogP contribution in [0.4, 0.5) is 13.2 Å². The zero-order valence-electron chi connectivity index (χ0n) is 10.9. The summed E-state index contributed by atoms with van der Waals surface area (Å²) in [5, 5.41) is 21.2. The molecule has 1 aliphatic heterocycles. The predicted molar refractivity (Wildman–Crippen MR) is 59.5 cm³/mol. The van der Waals surface area contributed by atoms with Crippen molar-refractivity contribution < 1.29 is 37.3 Å². The fourth-order valence-electron chi connectivity index (χ4n) is 1.67. The highest BCUT2D eigenvalue weighted by Crippen LogP contribution is 2.26. The fourth-order valence-corrected chi connectivity index (χ4v) is 1.67. The van der Waals surface area contributed by atoms with Gasteiger partial charge in [0.15, 0.2) is 13.1 Å². The number of hydrogen-bond donors (Lipinski definition) is 0. The number of alkyl halides is 3. The highest BCUT2D eigenvalue weighted by Gasteiger charge is 2.67. The van der Waals surface area contributed by atoms with Gasteiger partial charge < -0.3 is 9.64 Å². The lowest BCUT2D eigenvalue weighted by atomic mass is 10.0. The summed E-state index contributed by atoms with van der Waals surface area (Å²) in [6, 6.07) is 0. The minimum atomic E-state index is -5.13. The van der Waals surface area contributed by atoms with E-state index in [1.807, 2.05) is 0 Å². The molecule has 0 unspecified atom stereocenters. The molecule has 0 bridgehead atoms. The van der Waals surface area contributed by atoms with Gasteiger partial charge in [-0.15, -0.1) is 0 Å². The summed E-state index contributed by atoms with van der Waals surface area (Å²) in [4.78, 5) is 41.7. The van der Waals surface area contributed by atoms with Gasteiger partial charge in [0.25, 0.3) is 0 Å². The van der Waals surface area contributed by atoms with Crippen molar-refractivity contribution in [1.29, 1.82) is 0 Å². The van der Waals surface area contributed by atoms with Crippen molar-refractivity contribution in [2.45, 2.75) is 24.7 Å². The van der Waals surface area contributed by atoms with Crippen LogP contribution in [0.3, 0.4) is 0 Å². The van der Waals surface area contributed by atoms with Crippen LogP contribution in [-0.4, -0.2) is 58.2 Å². The van der Waals surface area contributed by atoms with E-state index in [4.69, 9.17) is 0 Å². The third-order valence-corrected chi connectivity index (χ3v) is 2.92. The first-order chi connectivity index (χ1) is 10.0. The number of rotatable bonds is 6. The molecule has 0 aliphatic carbocycles. The number of halogens is 3. The van der Waals surface area contributed by atoms with Crippen molar-refractivity contribution in [3.8, 4) is 0 Å². The van der Waals surface area contributed by atoms with Gasteiger partial charge in [-0.1, -0.05) is 0 Å². The zero-order valence-corrected chi connectivity index (χ0v) is 10.9. The van der Waals surface area contributed by atoms with Crippen LogP contribution in [0.15, 0.2) is 0 Å². The van der Waals surface area contributed by atoms with Gasteiger partial charge in [-0.2, -0.15) is 13.2 Å². The third-order valence-electron chi connectivity index (χ3n) is 2.92. The van der Waals surface area contributed by atoms with Gasteiger partial charge in [0.05, 0.1) is 6.61 Å². The fraction of sp³-hybridized carbons (Fsp3) is 0.778. The van der Waals surface area contributed by atoms with Crippen molar-refractivity contribution >= 4 is 11.9 Å². The lowest BCUT2D eigenvalue weighted by molar-refractivity contribution is -0.809. The van der Waals surface area contributed by atoms with Crippen molar-refractivity contribution in [1.82, 2.24) is 4.90 Å². The van der Waals surface area contributed by atoms with Gasteiger partial charge >= 0.3 is 17.8 Å². The first-order valence-corrected chi connectivity index (χ1v) is 5.81. The van der Waals surface area contributed by atoms with Crippen molar-refractivity contribution in [3.05, 3.63) is 20.2 Å². The molecule has 1 aliphatic rings. The first-order valence-electron chi connectivity index (χ1n) is 5.81. The molecule has 0 atom stereocenters. The molecular weight excluding hydrogens is 319 g/mol. The number of likely N-dealkylation sites (tertiary alicyclic amines) is 1. The first kappa shape index (κ1) is 17.6. The summed E-state index contributed by atoms with van der Waals surface area (Å²) in [5.41, 5.74) is -2.43. The van der Waals surface area contributed by atoms with Crippen LogP contribution in [0.1, 0.15) is 12.8 Å². The number of carbonyl (C=O) groups is 2. The molecule has 22 heavy (non-hydrogen) atoms. The van der Waals surface area contributed by atoms with Gasteiger partial charge in [0.2, 0.25) is 5.91 Å². The van der Waals surface area contributed by atoms with Crippen LogP contribution >= 0.6 is 0 Å². The molecule has 10 nitrogen and oxygen atoms in total. The molecule has 1 heterocycles. The molecule has 1 saturated heterocycles. The molecule has 0 saturated carbocycles. The smallest absolute Gasteiger partial charge is 0.459 e. The Bertz CT molecular complexity index is 485. The van der Waals surface area contributed by atoms with Crippen LogP contribution in [0.5, 0.6) is 0 Å². The molecule has 124 valence electrons. The molecule has 0 N–H and O–H groups in total. The standard InChI is InChI=1S/C9H10F3N3O7/c10-9(11,12)7(17)22-3-1-2-6(16)13-4-8(5-13,14(18)19)15(20)21/h1-5H2. The minimum absolute atomic E-state index is 0.235. The molecule has 0 aromatic carbocycles. The van der Waals surface area contributed by atoms with Crippen LogP contribution in [-0.2, 0) is 14.3 Å². The minimum Gasteiger partial charge on any atom is -0.459 e. The van der Waals surface area contributed by atoms with Crippen LogP contribution in [0.2, 0.25) is 0 Å². The van der Waals surface area contributed by atoms with E-state index in [1.165, 1.54) is 0 Å². The maximum absolute atomic E-state index is 11.8. The number of hydrogen-bond acceptors (Lipinski definition) is 7. The van der Waals surface area contributed by atoms with E-state index in [0.717, 1.165) is 4.90 Å². The molecule has 0 aromatic heterocycles. The van der Waals surface area contributed by atoms with Crippen LogP contribution in [0.25, 0.3) is 0 Å². The number of nitrogens with zero attached hydrogens (tertiary/aromatic N) is 3. The number of carbonyl (C=O) groups excluding carboxylic acids is 2. The Kier molecular flexibility index (Phi) is 4.88. The average Bonchev–Trinajstić information content (AvgIpc) is 2.30. The highest BCUT2D eigenvalue weighted by atomic mass is 19.4. The van der Waals surface area contributed by atoms with Gasteiger partial charge in [-0.25, -0.2) is 4.79 Å². The summed E-state index contributed by atoms with van der Waals surface area (Å²) < 4.78 is 39.2. The maximum atomic E-state index is 11.8. The summed E-state index contributed by atoms with van der Waals surface area (Å²) in [5.74, 6) is -3.09. The maximum Gasteiger partial charge on any atom is 0.492 e. The SMILES string of the molecule is O=C(CCCOC(=O)C(F)(F)F)N1CC([N+](=O)[O-])([N+](=O)[O-])C1. The van der Waals surface area contributed by atoms with Gasteiger partial charge in [-0.3, -0.25) is 25.0 Å². The van der Waals surface area contributed by atoms with Crippen molar-refractivity contribution in [3.63, 3.8) is 0 Å². The topological polar surface area (TPSA) is 133 Å². The Morgan fingerprint density at radius 2 is 1.68 bits per heavy atom. The Morgan fingerprint density at radius 1 is 1.18 bits per heavy atom. The molecule has 13 heteroatoms. The summed E-state index contributed by atoms with van der Waals surface area (Å²) in [6.07, 6.45) is -5.71. The number of nitro groups is 2. The molecule has 1 amide bonds. The molecule has 0 radical (unpaired) electrons.